The van der Waals surface area contributed by atoms with E-state index < -0.39 is 0 Å². The lowest BCUT2D eigenvalue weighted by Crippen LogP contribution is -2.50. The standard InChI is InChI=1S/C15H22BrFN2/c1-11(2)5-15-10-19(4-3-18-15)9-12-6-13(16)8-14(17)7-12/h6-8,11,15,18H,3-5,9-10H2,1-2H3. The van der Waals surface area contributed by atoms with Gasteiger partial charge in [0.05, 0.1) is 0 Å². The van der Waals surface area contributed by atoms with Crippen LogP contribution in [-0.2, 0) is 6.54 Å². The number of nitrogens with one attached hydrogen (secondary N) is 1. The first kappa shape index (κ1) is 14.9. The monoisotopic (exact) mass is 328 g/mol. The summed E-state index contributed by atoms with van der Waals surface area (Å²) in [6.07, 6.45) is 1.20. The Hall–Kier alpha value is -0.450. The van der Waals surface area contributed by atoms with Crippen molar-refractivity contribution in [1.82, 2.24) is 10.2 Å². The number of benzene rings is 1. The van der Waals surface area contributed by atoms with Crippen molar-refractivity contribution >= 4 is 15.9 Å². The largest absolute Gasteiger partial charge is 0.311 e. The van der Waals surface area contributed by atoms with E-state index >= 15 is 0 Å². The highest BCUT2D eigenvalue weighted by Crippen LogP contribution is 2.18. The number of nitrogens with zero attached hydrogens (tertiary/aromatic N) is 1. The van der Waals surface area contributed by atoms with Gasteiger partial charge in [-0.05, 0) is 36.1 Å². The Bertz CT molecular complexity index is 402. The van der Waals surface area contributed by atoms with E-state index in [0.29, 0.717) is 12.0 Å². The Kier molecular flexibility index (Phi) is 5.37. The second kappa shape index (κ2) is 6.82. The van der Waals surface area contributed by atoms with Crippen LogP contribution in [0.1, 0.15) is 25.8 Å². The van der Waals surface area contributed by atoms with Crippen LogP contribution in [0, 0.1) is 11.7 Å². The summed E-state index contributed by atoms with van der Waals surface area (Å²) in [7, 11) is 0. The van der Waals surface area contributed by atoms with Gasteiger partial charge < -0.3 is 5.32 Å². The van der Waals surface area contributed by atoms with E-state index in [1.807, 2.05) is 6.07 Å². The van der Waals surface area contributed by atoms with Crippen LogP contribution in [-0.4, -0.2) is 30.6 Å². The molecular formula is C15H22BrFN2. The lowest BCUT2D eigenvalue weighted by molar-refractivity contribution is 0.179. The normalized spacial score (nSPS) is 21.0. The zero-order chi connectivity index (χ0) is 13.8. The molecule has 19 heavy (non-hydrogen) atoms. The van der Waals surface area contributed by atoms with Gasteiger partial charge in [-0.3, -0.25) is 4.90 Å². The van der Waals surface area contributed by atoms with Gasteiger partial charge in [-0.15, -0.1) is 0 Å². The highest BCUT2D eigenvalue weighted by Gasteiger charge is 2.20. The molecule has 1 aromatic rings. The molecule has 0 saturated carbocycles. The van der Waals surface area contributed by atoms with E-state index in [-0.39, 0.29) is 5.82 Å². The average molecular weight is 329 g/mol. The molecule has 0 bridgehead atoms. The Morgan fingerprint density at radius 2 is 2.21 bits per heavy atom. The quantitative estimate of drug-likeness (QED) is 0.911. The molecule has 0 aliphatic carbocycles. The average Bonchev–Trinajstić information content (AvgIpc) is 2.26. The summed E-state index contributed by atoms with van der Waals surface area (Å²) >= 11 is 3.35. The number of hydrogen-bond donors (Lipinski definition) is 1. The summed E-state index contributed by atoms with van der Waals surface area (Å²) in [4.78, 5) is 2.41. The van der Waals surface area contributed by atoms with Crippen LogP contribution < -0.4 is 5.32 Å². The molecule has 2 rings (SSSR count). The molecule has 2 nitrogen and oxygen atoms in total. The van der Waals surface area contributed by atoms with E-state index in [9.17, 15) is 4.39 Å². The third-order valence-corrected chi connectivity index (χ3v) is 3.88. The van der Waals surface area contributed by atoms with Crippen LogP contribution in [0.3, 0.4) is 0 Å². The van der Waals surface area contributed by atoms with Gasteiger partial charge in [-0.2, -0.15) is 0 Å². The predicted molar refractivity (Wildman–Crippen MR) is 80.6 cm³/mol. The van der Waals surface area contributed by atoms with E-state index in [1.54, 1.807) is 6.07 Å². The van der Waals surface area contributed by atoms with E-state index in [0.717, 1.165) is 36.2 Å². The Morgan fingerprint density at radius 1 is 1.42 bits per heavy atom. The molecule has 0 spiro atoms. The van der Waals surface area contributed by atoms with Crippen LogP contribution in [0.2, 0.25) is 0 Å². The Balaban J connectivity index is 1.94. The van der Waals surface area contributed by atoms with Gasteiger partial charge in [0.15, 0.2) is 0 Å². The Labute approximate surface area is 123 Å². The summed E-state index contributed by atoms with van der Waals surface area (Å²) in [5.74, 6) is 0.541. The second-order valence-electron chi connectivity index (χ2n) is 5.79. The molecule has 1 aliphatic heterocycles. The maximum Gasteiger partial charge on any atom is 0.124 e. The zero-order valence-electron chi connectivity index (χ0n) is 11.6. The first-order valence-electron chi connectivity index (χ1n) is 6.93. The van der Waals surface area contributed by atoms with Crippen molar-refractivity contribution in [3.63, 3.8) is 0 Å². The molecule has 0 radical (unpaired) electrons. The topological polar surface area (TPSA) is 15.3 Å². The maximum atomic E-state index is 13.4. The van der Waals surface area contributed by atoms with Crippen LogP contribution in [0.5, 0.6) is 0 Å². The zero-order valence-corrected chi connectivity index (χ0v) is 13.2. The van der Waals surface area contributed by atoms with Crippen molar-refractivity contribution < 1.29 is 4.39 Å². The molecule has 1 fully saturated rings. The minimum Gasteiger partial charge on any atom is -0.311 e. The summed E-state index contributed by atoms with van der Waals surface area (Å²) in [5, 5.41) is 3.56. The van der Waals surface area contributed by atoms with Crippen LogP contribution in [0.15, 0.2) is 22.7 Å². The van der Waals surface area contributed by atoms with Crippen LogP contribution in [0.25, 0.3) is 0 Å². The van der Waals surface area contributed by atoms with Crippen molar-refractivity contribution in [3.05, 3.63) is 34.1 Å². The van der Waals surface area contributed by atoms with Gasteiger partial charge in [-0.25, -0.2) is 4.39 Å². The summed E-state index contributed by atoms with van der Waals surface area (Å²) in [5.41, 5.74) is 1.04. The van der Waals surface area contributed by atoms with Crippen molar-refractivity contribution in [2.75, 3.05) is 19.6 Å². The third-order valence-electron chi connectivity index (χ3n) is 3.42. The fraction of sp³-hybridized carbons (Fsp3) is 0.600. The van der Waals surface area contributed by atoms with Crippen LogP contribution >= 0.6 is 15.9 Å². The number of rotatable bonds is 4. The fourth-order valence-electron chi connectivity index (χ4n) is 2.73. The second-order valence-corrected chi connectivity index (χ2v) is 6.71. The van der Waals surface area contributed by atoms with E-state index in [4.69, 9.17) is 0 Å². The molecule has 1 unspecified atom stereocenters. The maximum absolute atomic E-state index is 13.4. The molecule has 0 aromatic heterocycles. The van der Waals surface area contributed by atoms with Crippen molar-refractivity contribution in [2.45, 2.75) is 32.9 Å². The molecule has 1 atom stereocenters. The summed E-state index contributed by atoms with van der Waals surface area (Å²) in [6, 6.07) is 5.70. The lowest BCUT2D eigenvalue weighted by Gasteiger charge is -2.34. The van der Waals surface area contributed by atoms with Gasteiger partial charge in [0, 0.05) is 36.7 Å². The lowest BCUT2D eigenvalue weighted by atomic mass is 10.0. The predicted octanol–water partition coefficient (Wildman–Crippen LogP) is 3.41. The number of piperazine rings is 1. The third kappa shape index (κ3) is 4.86. The molecular weight excluding hydrogens is 307 g/mol. The molecule has 1 aliphatic rings. The van der Waals surface area contributed by atoms with Gasteiger partial charge >= 0.3 is 0 Å². The number of halogens is 2. The molecule has 0 amide bonds. The van der Waals surface area contributed by atoms with Gasteiger partial charge in [0.25, 0.3) is 0 Å². The van der Waals surface area contributed by atoms with Gasteiger partial charge in [0.1, 0.15) is 5.82 Å². The minimum atomic E-state index is -0.168. The SMILES string of the molecule is CC(C)CC1CN(Cc2cc(F)cc(Br)c2)CCN1. The fourth-order valence-corrected chi connectivity index (χ4v) is 3.24. The van der Waals surface area contributed by atoms with Crippen molar-refractivity contribution in [1.29, 1.82) is 0 Å². The van der Waals surface area contributed by atoms with Gasteiger partial charge in [0.2, 0.25) is 0 Å². The summed E-state index contributed by atoms with van der Waals surface area (Å²) < 4.78 is 14.2. The molecule has 1 N–H and O–H groups in total. The van der Waals surface area contributed by atoms with Crippen molar-refractivity contribution in [2.24, 2.45) is 5.92 Å². The molecule has 4 heteroatoms. The minimum absolute atomic E-state index is 0.168. The smallest absolute Gasteiger partial charge is 0.124 e. The molecule has 1 saturated heterocycles. The van der Waals surface area contributed by atoms with Gasteiger partial charge in [-0.1, -0.05) is 29.8 Å². The van der Waals surface area contributed by atoms with Crippen LogP contribution in [0.4, 0.5) is 4.39 Å². The summed E-state index contributed by atoms with van der Waals surface area (Å²) in [6.45, 7) is 8.43. The molecule has 106 valence electrons. The Morgan fingerprint density at radius 3 is 2.89 bits per heavy atom. The van der Waals surface area contributed by atoms with E-state index in [1.165, 1.54) is 12.5 Å². The first-order valence-corrected chi connectivity index (χ1v) is 7.73. The van der Waals surface area contributed by atoms with E-state index in [2.05, 4.69) is 40.0 Å². The highest BCUT2D eigenvalue weighted by atomic mass is 79.9. The first-order chi connectivity index (χ1) is 9.02. The van der Waals surface area contributed by atoms with Crippen molar-refractivity contribution in [3.8, 4) is 0 Å². The number of hydrogen-bond acceptors (Lipinski definition) is 2. The highest BCUT2D eigenvalue weighted by molar-refractivity contribution is 9.10. The molecule has 1 aromatic carbocycles. The molecule has 1 heterocycles.